The highest BCUT2D eigenvalue weighted by Gasteiger charge is 2.13. The number of hydrogen-bond donors (Lipinski definition) is 0. The molecule has 0 saturated carbocycles. The largest absolute Gasteiger partial charge is 0.465 e. The summed E-state index contributed by atoms with van der Waals surface area (Å²) < 4.78 is 9.58. The minimum atomic E-state index is -0.411. The molecule has 0 unspecified atom stereocenters. The molecule has 0 aliphatic heterocycles. The zero-order chi connectivity index (χ0) is 15.7. The third-order valence-electron chi connectivity index (χ3n) is 2.83. The van der Waals surface area contributed by atoms with Gasteiger partial charge in [0, 0.05) is 12.7 Å². The first-order chi connectivity index (χ1) is 10.1. The number of esters is 2. The molecular weight excluding hydrogens is 272 g/mol. The van der Waals surface area contributed by atoms with Gasteiger partial charge in [0.05, 0.1) is 31.5 Å². The topological polar surface area (TPSA) is 68.7 Å². The first kappa shape index (κ1) is 17.1. The first-order valence-electron chi connectivity index (χ1n) is 7.01. The molecule has 1 heterocycles. The molecule has 0 aliphatic carbocycles. The highest BCUT2D eigenvalue weighted by molar-refractivity contribution is 5.88. The third-order valence-corrected chi connectivity index (χ3v) is 2.83. The number of rotatable bonds is 8. The van der Waals surface area contributed by atoms with Crippen LogP contribution in [0.1, 0.15) is 36.3 Å². The molecule has 6 heteroatoms. The number of aromatic nitrogens is 1. The van der Waals surface area contributed by atoms with Crippen molar-refractivity contribution in [3.63, 3.8) is 0 Å². The number of carbonyl (C=O) groups is 2. The SMILES string of the molecule is CCCN(CC(=O)OCC)Cc1ccc(C(=O)OC)cn1. The van der Waals surface area contributed by atoms with Crippen molar-refractivity contribution in [3.8, 4) is 0 Å². The predicted molar refractivity (Wildman–Crippen MR) is 77.8 cm³/mol. The van der Waals surface area contributed by atoms with Crippen LogP contribution in [0.3, 0.4) is 0 Å². The quantitative estimate of drug-likeness (QED) is 0.679. The Kier molecular flexibility index (Phi) is 7.39. The molecule has 0 amide bonds. The van der Waals surface area contributed by atoms with E-state index >= 15 is 0 Å². The van der Waals surface area contributed by atoms with Gasteiger partial charge in [0.15, 0.2) is 0 Å². The van der Waals surface area contributed by atoms with E-state index in [9.17, 15) is 9.59 Å². The Balaban J connectivity index is 2.65. The van der Waals surface area contributed by atoms with Gasteiger partial charge in [-0.15, -0.1) is 0 Å². The molecule has 1 aromatic heterocycles. The second-order valence-corrected chi connectivity index (χ2v) is 4.55. The predicted octanol–water partition coefficient (Wildman–Crippen LogP) is 1.64. The minimum absolute atomic E-state index is 0.238. The standard InChI is InChI=1S/C15H22N2O4/c1-4-8-17(11-14(18)21-5-2)10-13-7-6-12(9-16-13)15(19)20-3/h6-7,9H,4-5,8,10-11H2,1-3H3. The highest BCUT2D eigenvalue weighted by atomic mass is 16.5. The lowest BCUT2D eigenvalue weighted by Crippen LogP contribution is -2.31. The minimum Gasteiger partial charge on any atom is -0.465 e. The average Bonchev–Trinajstić information content (AvgIpc) is 2.47. The summed E-state index contributed by atoms with van der Waals surface area (Å²) in [6, 6.07) is 3.43. The van der Waals surface area contributed by atoms with E-state index in [2.05, 4.69) is 9.72 Å². The van der Waals surface area contributed by atoms with Gasteiger partial charge in [-0.05, 0) is 32.0 Å². The number of nitrogens with zero attached hydrogens (tertiary/aromatic N) is 2. The zero-order valence-electron chi connectivity index (χ0n) is 12.8. The smallest absolute Gasteiger partial charge is 0.339 e. The van der Waals surface area contributed by atoms with E-state index in [4.69, 9.17) is 4.74 Å². The molecule has 1 aromatic rings. The van der Waals surface area contributed by atoms with Gasteiger partial charge in [0.1, 0.15) is 0 Å². The number of methoxy groups -OCH3 is 1. The Morgan fingerprint density at radius 3 is 2.57 bits per heavy atom. The van der Waals surface area contributed by atoms with E-state index < -0.39 is 5.97 Å². The molecule has 0 aliphatic rings. The van der Waals surface area contributed by atoms with Crippen molar-refractivity contribution in [3.05, 3.63) is 29.6 Å². The molecule has 1 rings (SSSR count). The summed E-state index contributed by atoms with van der Waals surface area (Å²) >= 11 is 0. The fraction of sp³-hybridized carbons (Fsp3) is 0.533. The summed E-state index contributed by atoms with van der Waals surface area (Å²) in [6.45, 7) is 5.77. The highest BCUT2D eigenvalue weighted by Crippen LogP contribution is 2.06. The van der Waals surface area contributed by atoms with Crippen LogP contribution in [0.5, 0.6) is 0 Å². The third kappa shape index (κ3) is 5.91. The lowest BCUT2D eigenvalue weighted by molar-refractivity contribution is -0.144. The fourth-order valence-electron chi connectivity index (χ4n) is 1.91. The van der Waals surface area contributed by atoms with Crippen LogP contribution < -0.4 is 0 Å². The van der Waals surface area contributed by atoms with Crippen molar-refractivity contribution in [2.24, 2.45) is 0 Å². The normalized spacial score (nSPS) is 10.5. The number of pyridine rings is 1. The molecular formula is C15H22N2O4. The Labute approximate surface area is 125 Å². The number of ether oxygens (including phenoxy) is 2. The second-order valence-electron chi connectivity index (χ2n) is 4.55. The van der Waals surface area contributed by atoms with Crippen LogP contribution in [0, 0.1) is 0 Å². The Morgan fingerprint density at radius 2 is 2.05 bits per heavy atom. The molecule has 0 saturated heterocycles. The summed E-state index contributed by atoms with van der Waals surface area (Å²) in [6.07, 6.45) is 2.41. The van der Waals surface area contributed by atoms with Gasteiger partial charge in [-0.25, -0.2) is 4.79 Å². The average molecular weight is 294 g/mol. The summed E-state index contributed by atoms with van der Waals surface area (Å²) in [4.78, 5) is 29.1. The molecule has 0 bridgehead atoms. The van der Waals surface area contributed by atoms with Gasteiger partial charge in [-0.1, -0.05) is 6.92 Å². The van der Waals surface area contributed by atoms with Crippen molar-refractivity contribution in [2.75, 3.05) is 26.8 Å². The van der Waals surface area contributed by atoms with Crippen LogP contribution >= 0.6 is 0 Å². The fourth-order valence-corrected chi connectivity index (χ4v) is 1.91. The van der Waals surface area contributed by atoms with Gasteiger partial charge in [0.25, 0.3) is 0 Å². The number of hydrogen-bond acceptors (Lipinski definition) is 6. The van der Waals surface area contributed by atoms with Gasteiger partial charge in [-0.2, -0.15) is 0 Å². The van der Waals surface area contributed by atoms with Crippen molar-refractivity contribution in [1.29, 1.82) is 0 Å². The van der Waals surface area contributed by atoms with Crippen LogP contribution in [-0.2, 0) is 20.8 Å². The van der Waals surface area contributed by atoms with E-state index in [1.165, 1.54) is 13.3 Å². The maximum absolute atomic E-state index is 11.6. The maximum Gasteiger partial charge on any atom is 0.339 e. The molecule has 21 heavy (non-hydrogen) atoms. The first-order valence-corrected chi connectivity index (χ1v) is 7.01. The summed E-state index contributed by atoms with van der Waals surface area (Å²) in [7, 11) is 1.33. The molecule has 0 atom stereocenters. The van der Waals surface area contributed by atoms with Gasteiger partial charge in [0.2, 0.25) is 0 Å². The molecule has 0 fully saturated rings. The van der Waals surface area contributed by atoms with Crippen molar-refractivity contribution < 1.29 is 19.1 Å². The van der Waals surface area contributed by atoms with Gasteiger partial charge < -0.3 is 9.47 Å². The van der Waals surface area contributed by atoms with Crippen LogP contribution in [0.2, 0.25) is 0 Å². The molecule has 0 N–H and O–H groups in total. The van der Waals surface area contributed by atoms with E-state index in [0.717, 1.165) is 18.7 Å². The van der Waals surface area contributed by atoms with E-state index in [0.29, 0.717) is 18.7 Å². The van der Waals surface area contributed by atoms with Crippen molar-refractivity contribution >= 4 is 11.9 Å². The van der Waals surface area contributed by atoms with E-state index in [1.54, 1.807) is 19.1 Å². The zero-order valence-corrected chi connectivity index (χ0v) is 12.8. The van der Waals surface area contributed by atoms with E-state index in [1.807, 2.05) is 11.8 Å². The molecule has 116 valence electrons. The van der Waals surface area contributed by atoms with Gasteiger partial charge in [-0.3, -0.25) is 14.7 Å². The lowest BCUT2D eigenvalue weighted by Gasteiger charge is -2.20. The van der Waals surface area contributed by atoms with Crippen LogP contribution in [0.4, 0.5) is 0 Å². The van der Waals surface area contributed by atoms with Crippen molar-refractivity contribution in [2.45, 2.75) is 26.8 Å². The summed E-state index contributed by atoms with van der Waals surface area (Å²) in [5.41, 5.74) is 1.20. The van der Waals surface area contributed by atoms with Crippen LogP contribution in [-0.4, -0.2) is 48.6 Å². The molecule has 6 nitrogen and oxygen atoms in total. The Bertz CT molecular complexity index is 459. The summed E-state index contributed by atoms with van der Waals surface area (Å²) in [5.74, 6) is -0.650. The number of carbonyl (C=O) groups excluding carboxylic acids is 2. The van der Waals surface area contributed by atoms with Crippen LogP contribution in [0.25, 0.3) is 0 Å². The summed E-state index contributed by atoms with van der Waals surface area (Å²) in [5, 5.41) is 0. The Hall–Kier alpha value is -1.95. The van der Waals surface area contributed by atoms with Gasteiger partial charge >= 0.3 is 11.9 Å². The maximum atomic E-state index is 11.6. The molecule has 0 aromatic carbocycles. The molecule has 0 spiro atoms. The second kappa shape index (κ2) is 9.07. The Morgan fingerprint density at radius 1 is 1.29 bits per heavy atom. The lowest BCUT2D eigenvalue weighted by atomic mass is 10.2. The molecule has 0 radical (unpaired) electrons. The monoisotopic (exact) mass is 294 g/mol. The van der Waals surface area contributed by atoms with E-state index in [-0.39, 0.29) is 12.5 Å². The van der Waals surface area contributed by atoms with Crippen LogP contribution in [0.15, 0.2) is 18.3 Å². The van der Waals surface area contributed by atoms with Crippen molar-refractivity contribution in [1.82, 2.24) is 9.88 Å².